The van der Waals surface area contributed by atoms with Gasteiger partial charge >= 0.3 is 0 Å². The van der Waals surface area contributed by atoms with Crippen LogP contribution in [-0.4, -0.2) is 96.9 Å². The van der Waals surface area contributed by atoms with E-state index in [-0.39, 0.29) is 54.5 Å². The number of rotatable bonds is 13. The number of nitrogens with one attached hydrogen (secondary N) is 5. The van der Waals surface area contributed by atoms with Crippen LogP contribution in [0.5, 0.6) is 11.5 Å². The van der Waals surface area contributed by atoms with E-state index in [9.17, 15) is 27.6 Å². The molecule has 2 aliphatic heterocycles. The molecule has 0 spiro atoms. The van der Waals surface area contributed by atoms with Gasteiger partial charge in [0.05, 0.1) is 30.6 Å². The van der Waals surface area contributed by atoms with E-state index >= 15 is 0 Å². The Labute approximate surface area is 384 Å². The summed E-state index contributed by atoms with van der Waals surface area (Å²) < 4.78 is 42.3. The smallest absolute Gasteiger partial charge is 0.266 e. The van der Waals surface area contributed by atoms with Gasteiger partial charge in [-0.05, 0) is 76.1 Å². The average molecular weight is 929 g/mol. The van der Waals surface area contributed by atoms with E-state index in [4.69, 9.17) is 19.4 Å². The zero-order chi connectivity index (χ0) is 46.5. The van der Waals surface area contributed by atoms with Crippen LogP contribution in [-0.2, 0) is 29.2 Å². The third-order valence-corrected chi connectivity index (χ3v) is 14.0. The minimum atomic E-state index is -4.38. The number of carbonyl (C=O) groups is 4. The molecule has 65 heavy (non-hydrogen) atoms. The van der Waals surface area contributed by atoms with Crippen molar-refractivity contribution in [2.75, 3.05) is 30.8 Å². The minimum Gasteiger partial charge on any atom is -0.497 e. The molecule has 2 aromatic heterocycles. The lowest BCUT2D eigenvalue weighted by Crippen LogP contribution is -2.56. The standard InChI is InChI=1S/C47H60N8O8S2/c1-28(2)20-32(50-30(5)56)21-43(57)55-26-34(63-41-24-38(39-27-64-46(52-39)49-29(3)4)51-37-22-33(62-6)17-18-35(37)41)23-40(55)44(58)53-47-25-31(47)14-10-8-7-9-13-19-48-36-15-11-12-16-42(36)65(60,61)54-45(47)59/h10-12,14-18,22,24,27-29,31-32,34,40,48H,7-9,13,19-21,23,25-26H2,1-6H3,(H,49,52)(H,50,56)(H,53,58)(H,54,59)/b14-10-/t31-,32+,34-,40+,47-/m1/s1. The van der Waals surface area contributed by atoms with Gasteiger partial charge in [-0.1, -0.05) is 44.6 Å². The topological polar surface area (TPSA) is 210 Å². The number of nitrogens with zero attached hydrogens (tertiary/aromatic N) is 3. The van der Waals surface area contributed by atoms with E-state index in [2.05, 4.69) is 26.0 Å². The van der Waals surface area contributed by atoms with Gasteiger partial charge in [0.25, 0.3) is 15.9 Å². The highest BCUT2D eigenvalue weighted by molar-refractivity contribution is 7.90. The summed E-state index contributed by atoms with van der Waals surface area (Å²) in [6.45, 7) is 10.0. The predicted molar refractivity (Wildman–Crippen MR) is 251 cm³/mol. The van der Waals surface area contributed by atoms with Crippen molar-refractivity contribution in [2.45, 2.75) is 121 Å². The fourth-order valence-corrected chi connectivity index (χ4v) is 10.7. The molecule has 1 saturated carbocycles. The van der Waals surface area contributed by atoms with Gasteiger partial charge in [-0.25, -0.2) is 23.1 Å². The zero-order valence-electron chi connectivity index (χ0n) is 37.8. The second kappa shape index (κ2) is 20.2. The Kier molecular flexibility index (Phi) is 14.7. The lowest BCUT2D eigenvalue weighted by molar-refractivity contribution is -0.140. The van der Waals surface area contributed by atoms with E-state index in [1.165, 1.54) is 29.2 Å². The van der Waals surface area contributed by atoms with E-state index in [1.54, 1.807) is 43.5 Å². The number of likely N-dealkylation sites (tertiary alicyclic amines) is 1. The van der Waals surface area contributed by atoms with E-state index < -0.39 is 51.5 Å². The Balaban J connectivity index is 1.21. The third-order valence-electron chi connectivity index (χ3n) is 11.8. The number of ether oxygens (including phenoxy) is 2. The van der Waals surface area contributed by atoms with Crippen LogP contribution < -0.4 is 35.5 Å². The molecule has 1 saturated heterocycles. The first kappa shape index (κ1) is 47.2. The van der Waals surface area contributed by atoms with Crippen LogP contribution in [0.25, 0.3) is 22.3 Å². The summed E-state index contributed by atoms with van der Waals surface area (Å²) in [6, 6.07) is 12.2. The van der Waals surface area contributed by atoms with Gasteiger partial charge in [0.15, 0.2) is 5.13 Å². The van der Waals surface area contributed by atoms with Gasteiger partial charge in [0.2, 0.25) is 17.7 Å². The molecule has 3 aliphatic rings. The largest absolute Gasteiger partial charge is 0.497 e. The van der Waals surface area contributed by atoms with Crippen molar-refractivity contribution >= 4 is 66.7 Å². The van der Waals surface area contributed by atoms with Crippen molar-refractivity contribution in [3.63, 3.8) is 0 Å². The molecule has 5 atom stereocenters. The maximum Gasteiger partial charge on any atom is 0.266 e. The van der Waals surface area contributed by atoms with E-state index in [1.807, 2.05) is 51.3 Å². The first-order valence-electron chi connectivity index (χ1n) is 22.4. The number of hydrogen-bond donors (Lipinski definition) is 5. The number of thiazole rings is 1. The number of aromatic nitrogens is 2. The van der Waals surface area contributed by atoms with Gasteiger partial charge in [-0.2, -0.15) is 0 Å². The maximum absolute atomic E-state index is 14.8. The molecule has 4 aromatic rings. The molecule has 5 N–H and O–H groups in total. The van der Waals surface area contributed by atoms with Gasteiger partial charge < -0.3 is 35.6 Å². The van der Waals surface area contributed by atoms with Crippen molar-refractivity contribution < 1.29 is 37.1 Å². The fraction of sp³-hybridized carbons (Fsp3) is 0.489. The number of para-hydroxylation sites is 1. The first-order valence-corrected chi connectivity index (χ1v) is 24.7. The molecular formula is C47H60N8O8S2. The molecule has 348 valence electrons. The number of hydrogen-bond acceptors (Lipinski definition) is 13. The highest BCUT2D eigenvalue weighted by Crippen LogP contribution is 2.46. The molecule has 1 aliphatic carbocycles. The summed E-state index contributed by atoms with van der Waals surface area (Å²) in [5.41, 5.74) is 0.551. The van der Waals surface area contributed by atoms with Crippen molar-refractivity contribution in [3.05, 3.63) is 66.1 Å². The molecule has 7 rings (SSSR count). The van der Waals surface area contributed by atoms with Crippen molar-refractivity contribution in [1.82, 2.24) is 30.2 Å². The maximum atomic E-state index is 14.8. The molecule has 16 nitrogen and oxygen atoms in total. The molecule has 0 radical (unpaired) electrons. The first-order chi connectivity index (χ1) is 31.0. The van der Waals surface area contributed by atoms with Crippen LogP contribution in [0.15, 0.2) is 71.0 Å². The number of sulfonamides is 1. The Morgan fingerprint density at radius 3 is 2.58 bits per heavy atom. The predicted octanol–water partition coefficient (Wildman–Crippen LogP) is 6.40. The second-order valence-electron chi connectivity index (χ2n) is 17.9. The zero-order valence-corrected chi connectivity index (χ0v) is 39.4. The van der Waals surface area contributed by atoms with Crippen LogP contribution in [0.4, 0.5) is 10.8 Å². The number of benzene rings is 2. The van der Waals surface area contributed by atoms with Crippen molar-refractivity contribution in [2.24, 2.45) is 11.8 Å². The summed E-state index contributed by atoms with van der Waals surface area (Å²) in [6.07, 6.45) is 7.21. The summed E-state index contributed by atoms with van der Waals surface area (Å²) in [7, 11) is -2.80. The summed E-state index contributed by atoms with van der Waals surface area (Å²) in [4.78, 5) is 66.9. The van der Waals surface area contributed by atoms with E-state index in [0.717, 1.165) is 30.8 Å². The van der Waals surface area contributed by atoms with Crippen LogP contribution in [0.1, 0.15) is 86.0 Å². The Bertz CT molecular complexity index is 2550. The molecule has 0 bridgehead atoms. The van der Waals surface area contributed by atoms with Crippen LogP contribution in [0.2, 0.25) is 0 Å². The highest BCUT2D eigenvalue weighted by atomic mass is 32.2. The number of carbonyl (C=O) groups excluding carboxylic acids is 4. The number of amides is 4. The normalized spacial score (nSPS) is 22.9. The number of anilines is 2. The molecule has 4 amide bonds. The van der Waals surface area contributed by atoms with Gasteiger partial charge in [-0.3, -0.25) is 19.2 Å². The van der Waals surface area contributed by atoms with Gasteiger partial charge in [-0.15, -0.1) is 11.3 Å². The Morgan fingerprint density at radius 1 is 1.03 bits per heavy atom. The Morgan fingerprint density at radius 2 is 1.83 bits per heavy atom. The van der Waals surface area contributed by atoms with Gasteiger partial charge in [0, 0.05) is 67.2 Å². The molecule has 4 heterocycles. The lowest BCUT2D eigenvalue weighted by atomic mass is 10.00. The molecule has 18 heteroatoms. The fourth-order valence-electron chi connectivity index (χ4n) is 8.65. The second-order valence-corrected chi connectivity index (χ2v) is 20.4. The molecule has 2 aromatic carbocycles. The number of allylic oxidation sites excluding steroid dienone is 1. The summed E-state index contributed by atoms with van der Waals surface area (Å²) >= 11 is 1.46. The monoisotopic (exact) mass is 928 g/mol. The number of methoxy groups -OCH3 is 1. The lowest BCUT2D eigenvalue weighted by Gasteiger charge is -2.28. The van der Waals surface area contributed by atoms with Crippen LogP contribution >= 0.6 is 11.3 Å². The van der Waals surface area contributed by atoms with Crippen molar-refractivity contribution in [3.8, 4) is 22.9 Å². The van der Waals surface area contributed by atoms with Crippen LogP contribution in [0.3, 0.4) is 0 Å². The Hall–Kier alpha value is -5.75. The van der Waals surface area contributed by atoms with Crippen molar-refractivity contribution in [1.29, 1.82) is 0 Å². The number of fused-ring (bicyclic) bond motifs is 3. The SMILES string of the molecule is COc1ccc2c(O[C@@H]3C[C@@H](C(=O)N[C@]45C[C@H]4/C=C\CCCCCNc4ccccc4S(=O)(=O)NC5=O)N(C(=O)C[C@H](CC(C)C)NC(C)=O)C3)cc(-c3csc(NC(C)C)n3)nc2c1. The van der Waals surface area contributed by atoms with Gasteiger partial charge in [0.1, 0.15) is 39.8 Å². The van der Waals surface area contributed by atoms with Crippen LogP contribution in [0, 0.1) is 11.8 Å². The number of pyridine rings is 1. The quantitative estimate of drug-likeness (QED) is 0.0924. The van der Waals surface area contributed by atoms with E-state index in [0.29, 0.717) is 52.4 Å². The summed E-state index contributed by atoms with van der Waals surface area (Å²) in [5.74, 6) is -1.42. The molecule has 2 fully saturated rings. The molecule has 0 unspecified atom stereocenters. The highest BCUT2D eigenvalue weighted by Gasteiger charge is 2.61. The minimum absolute atomic E-state index is 0.0144. The summed E-state index contributed by atoms with van der Waals surface area (Å²) in [5, 5.41) is 15.7. The molecular weight excluding hydrogens is 869 g/mol. The third kappa shape index (κ3) is 11.4. The average Bonchev–Trinajstić information content (AvgIpc) is 3.51.